The van der Waals surface area contributed by atoms with Crippen molar-refractivity contribution in [2.45, 2.75) is 26.4 Å². The van der Waals surface area contributed by atoms with Gasteiger partial charge in [0.15, 0.2) is 5.82 Å². The summed E-state index contributed by atoms with van der Waals surface area (Å²) in [6.07, 6.45) is 1.43. The molecule has 0 saturated carbocycles. The molecule has 3 N–H and O–H groups in total. The summed E-state index contributed by atoms with van der Waals surface area (Å²) in [7, 11) is 0. The van der Waals surface area contributed by atoms with Crippen LogP contribution in [0.25, 0.3) is 11.0 Å². The number of esters is 1. The third-order valence-corrected chi connectivity index (χ3v) is 2.06. The van der Waals surface area contributed by atoms with Gasteiger partial charge in [-0.2, -0.15) is 5.10 Å². The number of aromatic nitrogens is 3. The highest BCUT2D eigenvalue weighted by Gasteiger charge is 2.19. The standard InChI is InChI=1S/C11H14N4O2/c1-11(2,3)17-10(16)6-4-7-8(13-5-6)9(12)15-14-7/h4-5H,1-3H3,(H3,12,14,15). The van der Waals surface area contributed by atoms with Crippen molar-refractivity contribution >= 4 is 22.8 Å². The molecule has 6 heteroatoms. The minimum absolute atomic E-state index is 0.315. The van der Waals surface area contributed by atoms with Crippen molar-refractivity contribution in [1.82, 2.24) is 15.2 Å². The summed E-state index contributed by atoms with van der Waals surface area (Å²) in [5.74, 6) is -0.101. The molecule has 2 aromatic rings. The number of anilines is 1. The average Bonchev–Trinajstić information content (AvgIpc) is 2.57. The molecule has 90 valence electrons. The molecule has 0 aliphatic heterocycles. The molecule has 6 nitrogen and oxygen atoms in total. The number of H-pyrrole nitrogens is 1. The number of carbonyl (C=O) groups excluding carboxylic acids is 1. The van der Waals surface area contributed by atoms with E-state index < -0.39 is 11.6 Å². The predicted octanol–water partition coefficient (Wildman–Crippen LogP) is 1.50. The maximum absolute atomic E-state index is 11.8. The Morgan fingerprint density at radius 1 is 1.47 bits per heavy atom. The Labute approximate surface area is 98.2 Å². The molecule has 0 atom stereocenters. The SMILES string of the molecule is CC(C)(C)OC(=O)c1cnc2c(N)n[nH]c2c1. The number of aromatic amines is 1. The lowest BCUT2D eigenvalue weighted by Gasteiger charge is -2.19. The molecule has 0 bridgehead atoms. The van der Waals surface area contributed by atoms with Crippen LogP contribution in [-0.2, 0) is 4.74 Å². The van der Waals surface area contributed by atoms with E-state index in [1.165, 1.54) is 6.20 Å². The number of ether oxygens (including phenoxy) is 1. The lowest BCUT2D eigenvalue weighted by molar-refractivity contribution is 0.00693. The smallest absolute Gasteiger partial charge is 0.340 e. The maximum atomic E-state index is 11.8. The number of hydrogen-bond acceptors (Lipinski definition) is 5. The van der Waals surface area contributed by atoms with Crippen LogP contribution in [0.4, 0.5) is 5.82 Å². The lowest BCUT2D eigenvalue weighted by Crippen LogP contribution is -2.23. The molecule has 0 saturated heterocycles. The van der Waals surface area contributed by atoms with Gasteiger partial charge in [0, 0.05) is 6.20 Å². The summed E-state index contributed by atoms with van der Waals surface area (Å²) in [5.41, 5.74) is 6.60. The summed E-state index contributed by atoms with van der Waals surface area (Å²) in [6, 6.07) is 1.62. The van der Waals surface area contributed by atoms with Crippen LogP contribution in [0.2, 0.25) is 0 Å². The Morgan fingerprint density at radius 3 is 2.82 bits per heavy atom. The first-order valence-corrected chi connectivity index (χ1v) is 5.20. The Hall–Kier alpha value is -2.11. The first-order chi connectivity index (χ1) is 7.87. The lowest BCUT2D eigenvalue weighted by atomic mass is 10.2. The van der Waals surface area contributed by atoms with Crippen LogP contribution in [0.3, 0.4) is 0 Å². The van der Waals surface area contributed by atoms with E-state index in [9.17, 15) is 4.79 Å². The maximum Gasteiger partial charge on any atom is 0.340 e. The molecule has 0 unspecified atom stereocenters. The second kappa shape index (κ2) is 3.73. The Kier molecular flexibility index (Phi) is 2.49. The van der Waals surface area contributed by atoms with Gasteiger partial charge in [0.1, 0.15) is 11.1 Å². The zero-order valence-electron chi connectivity index (χ0n) is 9.94. The van der Waals surface area contributed by atoms with Gasteiger partial charge in [-0.1, -0.05) is 0 Å². The van der Waals surface area contributed by atoms with E-state index >= 15 is 0 Å². The Morgan fingerprint density at radius 2 is 2.18 bits per heavy atom. The number of nitrogens with two attached hydrogens (primary N) is 1. The summed E-state index contributed by atoms with van der Waals surface area (Å²) in [4.78, 5) is 15.9. The van der Waals surface area contributed by atoms with Gasteiger partial charge >= 0.3 is 5.97 Å². The largest absolute Gasteiger partial charge is 0.456 e. The van der Waals surface area contributed by atoms with E-state index in [0.717, 1.165) is 0 Å². The molecule has 0 radical (unpaired) electrons. The van der Waals surface area contributed by atoms with Crippen LogP contribution in [0.15, 0.2) is 12.3 Å². The first-order valence-electron chi connectivity index (χ1n) is 5.20. The third kappa shape index (κ3) is 2.35. The van der Waals surface area contributed by atoms with Crippen LogP contribution in [0.1, 0.15) is 31.1 Å². The fourth-order valence-corrected chi connectivity index (χ4v) is 1.38. The molecule has 0 fully saturated rings. The Bertz CT molecular complexity index is 568. The zero-order chi connectivity index (χ0) is 12.6. The molecule has 2 rings (SSSR count). The minimum Gasteiger partial charge on any atom is -0.456 e. The van der Waals surface area contributed by atoms with Crippen LogP contribution < -0.4 is 5.73 Å². The van der Waals surface area contributed by atoms with Gasteiger partial charge in [-0.3, -0.25) is 5.10 Å². The minimum atomic E-state index is -0.529. The molecule has 17 heavy (non-hydrogen) atoms. The van der Waals surface area contributed by atoms with Gasteiger partial charge in [0.25, 0.3) is 0 Å². The van der Waals surface area contributed by atoms with Crippen LogP contribution in [0, 0.1) is 0 Å². The first kappa shape index (κ1) is 11.4. The normalized spacial score (nSPS) is 11.7. The molecular weight excluding hydrogens is 220 g/mol. The van der Waals surface area contributed by atoms with Gasteiger partial charge < -0.3 is 10.5 Å². The van der Waals surface area contributed by atoms with Crippen LogP contribution in [-0.4, -0.2) is 26.8 Å². The van der Waals surface area contributed by atoms with Crippen molar-refractivity contribution in [2.75, 3.05) is 5.73 Å². The number of carbonyl (C=O) groups is 1. The van der Waals surface area contributed by atoms with Gasteiger partial charge in [-0.05, 0) is 26.8 Å². The summed E-state index contributed by atoms with van der Waals surface area (Å²) < 4.78 is 5.23. The number of nitrogens with zero attached hydrogens (tertiary/aromatic N) is 2. The van der Waals surface area contributed by atoms with Gasteiger partial charge in [0.2, 0.25) is 0 Å². The average molecular weight is 234 g/mol. The quantitative estimate of drug-likeness (QED) is 0.729. The number of pyridine rings is 1. The highest BCUT2D eigenvalue weighted by Crippen LogP contribution is 2.18. The van der Waals surface area contributed by atoms with Crippen molar-refractivity contribution in [3.8, 4) is 0 Å². The molecule has 0 aliphatic rings. The Balaban J connectivity index is 2.33. The number of hydrogen-bond donors (Lipinski definition) is 2. The molecular formula is C11H14N4O2. The molecule has 0 amide bonds. The molecule has 2 heterocycles. The highest BCUT2D eigenvalue weighted by atomic mass is 16.6. The molecule has 0 aromatic carbocycles. The van der Waals surface area contributed by atoms with E-state index in [-0.39, 0.29) is 0 Å². The fourth-order valence-electron chi connectivity index (χ4n) is 1.38. The van der Waals surface area contributed by atoms with Crippen molar-refractivity contribution in [1.29, 1.82) is 0 Å². The number of nitrogen functional groups attached to an aromatic ring is 1. The zero-order valence-corrected chi connectivity index (χ0v) is 9.94. The molecule has 0 aliphatic carbocycles. The molecule has 2 aromatic heterocycles. The van der Waals surface area contributed by atoms with Crippen molar-refractivity contribution in [3.63, 3.8) is 0 Å². The summed E-state index contributed by atoms with van der Waals surface area (Å²) in [5, 5.41) is 6.51. The summed E-state index contributed by atoms with van der Waals surface area (Å²) in [6.45, 7) is 5.43. The van der Waals surface area contributed by atoms with E-state index in [1.807, 2.05) is 20.8 Å². The van der Waals surface area contributed by atoms with Crippen LogP contribution in [0.5, 0.6) is 0 Å². The van der Waals surface area contributed by atoms with E-state index in [0.29, 0.717) is 22.4 Å². The van der Waals surface area contributed by atoms with Gasteiger partial charge in [0.05, 0.1) is 11.1 Å². The molecule has 0 spiro atoms. The summed E-state index contributed by atoms with van der Waals surface area (Å²) >= 11 is 0. The number of rotatable bonds is 1. The van der Waals surface area contributed by atoms with Crippen molar-refractivity contribution in [2.24, 2.45) is 0 Å². The second-order valence-electron chi connectivity index (χ2n) is 4.73. The number of nitrogens with one attached hydrogen (secondary N) is 1. The predicted molar refractivity (Wildman–Crippen MR) is 63.5 cm³/mol. The topological polar surface area (TPSA) is 93.9 Å². The van der Waals surface area contributed by atoms with Crippen LogP contribution >= 0.6 is 0 Å². The van der Waals surface area contributed by atoms with Crippen molar-refractivity contribution in [3.05, 3.63) is 17.8 Å². The van der Waals surface area contributed by atoms with Gasteiger partial charge in [-0.15, -0.1) is 0 Å². The monoisotopic (exact) mass is 234 g/mol. The third-order valence-electron chi connectivity index (χ3n) is 2.06. The van der Waals surface area contributed by atoms with Crippen molar-refractivity contribution < 1.29 is 9.53 Å². The fraction of sp³-hybridized carbons (Fsp3) is 0.364. The van der Waals surface area contributed by atoms with E-state index in [1.54, 1.807) is 6.07 Å². The van der Waals surface area contributed by atoms with Gasteiger partial charge in [-0.25, -0.2) is 9.78 Å². The van der Waals surface area contributed by atoms with E-state index in [2.05, 4.69) is 15.2 Å². The van der Waals surface area contributed by atoms with E-state index in [4.69, 9.17) is 10.5 Å². The highest BCUT2D eigenvalue weighted by molar-refractivity contribution is 5.94. The number of fused-ring (bicyclic) bond motifs is 1. The second-order valence-corrected chi connectivity index (χ2v) is 4.73.